The molecule has 238 valence electrons. The second-order valence-corrected chi connectivity index (χ2v) is 15.2. The fourth-order valence-corrected chi connectivity index (χ4v) is 8.43. The van der Waals surface area contributed by atoms with E-state index >= 15 is 0 Å². The molecule has 0 heterocycles. The molecular weight excluding hydrogens is 591 g/mol. The fourth-order valence-electron chi connectivity index (χ4n) is 8.43. The van der Waals surface area contributed by atoms with E-state index in [0.29, 0.717) is 0 Å². The van der Waals surface area contributed by atoms with Gasteiger partial charge in [-0.05, 0) is 120 Å². The first-order valence-corrected chi connectivity index (χ1v) is 17.7. The lowest BCUT2D eigenvalue weighted by molar-refractivity contribution is 0.332. The van der Waals surface area contributed by atoms with E-state index in [4.69, 9.17) is 0 Å². The van der Waals surface area contributed by atoms with Crippen molar-refractivity contribution in [2.45, 2.75) is 51.4 Å². The molecule has 0 saturated carbocycles. The third kappa shape index (κ3) is 4.83. The van der Waals surface area contributed by atoms with Gasteiger partial charge in [-0.1, -0.05) is 143 Å². The summed E-state index contributed by atoms with van der Waals surface area (Å²) >= 11 is 0. The van der Waals surface area contributed by atoms with Crippen molar-refractivity contribution in [2.24, 2.45) is 0 Å². The zero-order valence-electron chi connectivity index (χ0n) is 28.8. The second kappa shape index (κ2) is 11.1. The van der Waals surface area contributed by atoms with Crippen LogP contribution in [-0.4, -0.2) is 0 Å². The molecule has 0 saturated heterocycles. The van der Waals surface area contributed by atoms with Gasteiger partial charge in [0.15, 0.2) is 0 Å². The van der Waals surface area contributed by atoms with Crippen molar-refractivity contribution in [1.29, 1.82) is 0 Å². The molecule has 1 aliphatic rings. The number of benzene rings is 8. The van der Waals surface area contributed by atoms with Crippen LogP contribution in [0.2, 0.25) is 0 Å². The van der Waals surface area contributed by atoms with Crippen molar-refractivity contribution in [1.82, 2.24) is 0 Å². The highest BCUT2D eigenvalue weighted by Gasteiger charge is 2.37. The van der Waals surface area contributed by atoms with Crippen LogP contribution in [0.25, 0.3) is 54.2 Å². The maximum Gasteiger partial charge on any atom is 0.0540 e. The molecule has 0 amide bonds. The largest absolute Gasteiger partial charge is 0.310 e. The van der Waals surface area contributed by atoms with Crippen molar-refractivity contribution in [2.75, 3.05) is 4.90 Å². The Bertz CT molecular complexity index is 2520. The smallest absolute Gasteiger partial charge is 0.0540 e. The van der Waals surface area contributed by atoms with E-state index in [1.54, 1.807) is 0 Å². The second-order valence-electron chi connectivity index (χ2n) is 15.2. The lowest BCUT2D eigenvalue weighted by atomic mass is 9.63. The molecule has 8 aromatic carbocycles. The van der Waals surface area contributed by atoms with Crippen LogP contribution < -0.4 is 4.90 Å². The molecule has 0 radical (unpaired) electrons. The van der Waals surface area contributed by atoms with E-state index in [1.165, 1.54) is 78.2 Å². The average molecular weight is 632 g/mol. The highest BCUT2D eigenvalue weighted by atomic mass is 15.1. The zero-order valence-corrected chi connectivity index (χ0v) is 28.8. The third-order valence-corrected chi connectivity index (χ3v) is 11.3. The van der Waals surface area contributed by atoms with Crippen molar-refractivity contribution in [3.05, 3.63) is 163 Å². The van der Waals surface area contributed by atoms with Gasteiger partial charge in [-0.15, -0.1) is 0 Å². The summed E-state index contributed by atoms with van der Waals surface area (Å²) < 4.78 is 0. The molecular formula is C48H41N. The van der Waals surface area contributed by atoms with E-state index in [0.717, 1.165) is 17.1 Å². The summed E-state index contributed by atoms with van der Waals surface area (Å²) in [5, 5.41) is 10.3. The molecule has 1 nitrogen and oxygen atoms in total. The van der Waals surface area contributed by atoms with Crippen molar-refractivity contribution in [3.8, 4) is 11.1 Å². The molecule has 1 aliphatic carbocycles. The lowest BCUT2D eigenvalue weighted by Crippen LogP contribution is -2.33. The van der Waals surface area contributed by atoms with Crippen LogP contribution in [0.3, 0.4) is 0 Å². The van der Waals surface area contributed by atoms with Gasteiger partial charge in [-0.3, -0.25) is 0 Å². The number of hydrogen-bond donors (Lipinski definition) is 0. The molecule has 0 N–H and O–H groups in total. The Balaban J connectivity index is 1.25. The number of para-hydroxylation sites is 2. The predicted molar refractivity (Wildman–Crippen MR) is 212 cm³/mol. The average Bonchev–Trinajstić information content (AvgIpc) is 3.14. The monoisotopic (exact) mass is 631 g/mol. The summed E-state index contributed by atoms with van der Waals surface area (Å²) in [4.78, 5) is 2.43. The van der Waals surface area contributed by atoms with Gasteiger partial charge in [0.2, 0.25) is 0 Å². The van der Waals surface area contributed by atoms with Gasteiger partial charge in [-0.2, -0.15) is 0 Å². The van der Waals surface area contributed by atoms with Gasteiger partial charge < -0.3 is 4.90 Å². The standard InChI is InChI=1S/C48H41N/c1-47(2)26-27-48(3,4)45-30-34-28-33(23-22-32(34)29-44(45)47)37-16-12-13-21-46(37)49(35-14-6-5-7-15-35)36-24-25-42-40-19-9-8-17-38(40)39-18-10-11-20-41(39)43(42)31-36/h5-25,28-31H,26-27H2,1-4H3. The highest BCUT2D eigenvalue weighted by molar-refractivity contribution is 6.25. The Morgan fingerprint density at radius 3 is 1.59 bits per heavy atom. The summed E-state index contributed by atoms with van der Waals surface area (Å²) in [7, 11) is 0. The van der Waals surface area contributed by atoms with Gasteiger partial charge in [0.1, 0.15) is 0 Å². The van der Waals surface area contributed by atoms with Gasteiger partial charge >= 0.3 is 0 Å². The van der Waals surface area contributed by atoms with Gasteiger partial charge in [0.05, 0.1) is 5.69 Å². The Kier molecular flexibility index (Phi) is 6.71. The minimum atomic E-state index is 0.169. The first-order valence-electron chi connectivity index (χ1n) is 17.7. The SMILES string of the molecule is CC1(C)CCC(C)(C)c2cc3cc(-c4ccccc4N(c4ccccc4)c4ccc5c6ccccc6c6ccccc6c5c4)ccc3cc21. The Labute approximate surface area is 289 Å². The highest BCUT2D eigenvalue weighted by Crippen LogP contribution is 2.48. The van der Waals surface area contributed by atoms with Crippen LogP contribution in [0.5, 0.6) is 0 Å². The minimum Gasteiger partial charge on any atom is -0.310 e. The van der Waals surface area contributed by atoms with Crippen molar-refractivity contribution in [3.63, 3.8) is 0 Å². The van der Waals surface area contributed by atoms with Crippen LogP contribution in [0.1, 0.15) is 51.7 Å². The molecule has 0 aliphatic heterocycles. The van der Waals surface area contributed by atoms with Crippen LogP contribution in [0.15, 0.2) is 152 Å². The molecule has 0 bridgehead atoms. The number of anilines is 3. The van der Waals surface area contributed by atoms with E-state index in [-0.39, 0.29) is 10.8 Å². The minimum absolute atomic E-state index is 0.169. The summed E-state index contributed by atoms with van der Waals surface area (Å²) in [6.07, 6.45) is 2.43. The molecule has 9 rings (SSSR count). The Morgan fingerprint density at radius 1 is 0.408 bits per heavy atom. The first-order chi connectivity index (χ1) is 23.8. The molecule has 0 aromatic heterocycles. The quantitative estimate of drug-likeness (QED) is 0.175. The molecule has 8 aromatic rings. The normalized spacial score (nSPS) is 15.1. The van der Waals surface area contributed by atoms with E-state index in [1.807, 2.05) is 0 Å². The molecule has 0 atom stereocenters. The lowest BCUT2D eigenvalue weighted by Gasteiger charge is -2.42. The Morgan fingerprint density at radius 2 is 0.939 bits per heavy atom. The van der Waals surface area contributed by atoms with Crippen molar-refractivity contribution < 1.29 is 0 Å². The van der Waals surface area contributed by atoms with Gasteiger partial charge in [0, 0.05) is 16.9 Å². The fraction of sp³-hybridized carbons (Fsp3) is 0.167. The number of rotatable bonds is 4. The molecule has 1 heteroatoms. The Hall–Kier alpha value is -5.40. The number of hydrogen-bond acceptors (Lipinski definition) is 1. The number of fused-ring (bicyclic) bond motifs is 8. The van der Waals surface area contributed by atoms with Crippen LogP contribution >= 0.6 is 0 Å². The molecule has 49 heavy (non-hydrogen) atoms. The van der Waals surface area contributed by atoms with Crippen molar-refractivity contribution >= 4 is 60.2 Å². The maximum atomic E-state index is 2.49. The summed E-state index contributed by atoms with van der Waals surface area (Å²) in [6, 6.07) is 56.4. The summed E-state index contributed by atoms with van der Waals surface area (Å²) in [5.74, 6) is 0. The van der Waals surface area contributed by atoms with E-state index < -0.39 is 0 Å². The summed E-state index contributed by atoms with van der Waals surface area (Å²) in [6.45, 7) is 9.65. The van der Waals surface area contributed by atoms with Gasteiger partial charge in [-0.25, -0.2) is 0 Å². The van der Waals surface area contributed by atoms with Crippen LogP contribution in [-0.2, 0) is 10.8 Å². The summed E-state index contributed by atoms with van der Waals surface area (Å²) in [5.41, 5.74) is 9.27. The molecule has 0 spiro atoms. The zero-order chi connectivity index (χ0) is 33.3. The molecule has 0 fully saturated rings. The number of nitrogens with zero attached hydrogens (tertiary/aromatic N) is 1. The van der Waals surface area contributed by atoms with Crippen LogP contribution in [0.4, 0.5) is 17.1 Å². The topological polar surface area (TPSA) is 3.24 Å². The predicted octanol–water partition coefficient (Wildman–Crippen LogP) is 13.8. The van der Waals surface area contributed by atoms with Gasteiger partial charge in [0.25, 0.3) is 0 Å². The van der Waals surface area contributed by atoms with E-state index in [2.05, 4.69) is 184 Å². The van der Waals surface area contributed by atoms with Crippen LogP contribution in [0, 0.1) is 0 Å². The first kappa shape index (κ1) is 29.7. The molecule has 0 unspecified atom stereocenters. The third-order valence-electron chi connectivity index (χ3n) is 11.3. The van der Waals surface area contributed by atoms with E-state index in [9.17, 15) is 0 Å². The maximum absolute atomic E-state index is 2.49.